The summed E-state index contributed by atoms with van der Waals surface area (Å²) in [5.74, 6) is 0.538. The van der Waals surface area contributed by atoms with Gasteiger partial charge in [-0.1, -0.05) is 0 Å². The fourth-order valence-electron chi connectivity index (χ4n) is 2.70. The van der Waals surface area contributed by atoms with Crippen molar-refractivity contribution in [1.82, 2.24) is 15.1 Å². The zero-order valence-electron chi connectivity index (χ0n) is 13.2. The van der Waals surface area contributed by atoms with Crippen LogP contribution >= 0.6 is 0 Å². The van der Waals surface area contributed by atoms with Gasteiger partial charge >= 0.3 is 0 Å². The third-order valence-corrected chi connectivity index (χ3v) is 3.68. The molecule has 0 radical (unpaired) electrons. The maximum Gasteiger partial charge on any atom is 0.122 e. The van der Waals surface area contributed by atoms with E-state index in [0.717, 1.165) is 26.1 Å². The molecule has 0 heterocycles. The second-order valence-corrected chi connectivity index (χ2v) is 6.55. The van der Waals surface area contributed by atoms with Crippen molar-refractivity contribution in [3.8, 4) is 6.07 Å². The number of nitriles is 1. The van der Waals surface area contributed by atoms with Crippen LogP contribution in [-0.2, 0) is 0 Å². The van der Waals surface area contributed by atoms with E-state index in [1.54, 1.807) is 0 Å². The second-order valence-electron chi connectivity index (χ2n) is 6.55. The van der Waals surface area contributed by atoms with Crippen molar-refractivity contribution in [2.45, 2.75) is 44.7 Å². The van der Waals surface area contributed by atoms with Crippen molar-refractivity contribution < 1.29 is 0 Å². The Bertz CT molecular complexity index is 304. The smallest absolute Gasteiger partial charge is 0.122 e. The van der Waals surface area contributed by atoms with Crippen molar-refractivity contribution >= 4 is 0 Å². The van der Waals surface area contributed by atoms with Crippen LogP contribution in [0.25, 0.3) is 0 Å². The molecule has 0 bridgehead atoms. The minimum absolute atomic E-state index is 0.346. The Labute approximate surface area is 118 Å². The van der Waals surface area contributed by atoms with Crippen molar-refractivity contribution in [2.24, 2.45) is 5.92 Å². The molecule has 1 N–H and O–H groups in total. The molecular formula is C15H30N4. The summed E-state index contributed by atoms with van der Waals surface area (Å²) in [4.78, 5) is 4.51. The number of likely N-dealkylation sites (N-methyl/N-ethyl adjacent to an activating group) is 1. The average molecular weight is 266 g/mol. The van der Waals surface area contributed by atoms with E-state index in [4.69, 9.17) is 0 Å². The Morgan fingerprint density at radius 3 is 2.32 bits per heavy atom. The van der Waals surface area contributed by atoms with Gasteiger partial charge in [0.1, 0.15) is 5.54 Å². The highest BCUT2D eigenvalue weighted by atomic mass is 15.2. The molecule has 1 fully saturated rings. The monoisotopic (exact) mass is 266 g/mol. The lowest BCUT2D eigenvalue weighted by Gasteiger charge is -2.34. The summed E-state index contributed by atoms with van der Waals surface area (Å²) >= 11 is 0. The number of hydrogen-bond acceptors (Lipinski definition) is 4. The summed E-state index contributed by atoms with van der Waals surface area (Å²) < 4.78 is 0. The molecule has 0 aliphatic heterocycles. The van der Waals surface area contributed by atoms with E-state index in [9.17, 15) is 5.26 Å². The Balaban J connectivity index is 2.50. The van der Waals surface area contributed by atoms with Crippen LogP contribution in [0.3, 0.4) is 0 Å². The maximum absolute atomic E-state index is 9.65. The Morgan fingerprint density at radius 2 is 1.89 bits per heavy atom. The Morgan fingerprint density at radius 1 is 1.26 bits per heavy atom. The molecule has 0 spiro atoms. The van der Waals surface area contributed by atoms with Gasteiger partial charge in [-0.3, -0.25) is 5.32 Å². The van der Waals surface area contributed by atoms with Gasteiger partial charge in [0.25, 0.3) is 0 Å². The van der Waals surface area contributed by atoms with Crippen molar-refractivity contribution in [1.29, 1.82) is 5.26 Å². The molecule has 4 nitrogen and oxygen atoms in total. The van der Waals surface area contributed by atoms with Crippen molar-refractivity contribution in [2.75, 3.05) is 40.8 Å². The van der Waals surface area contributed by atoms with Crippen molar-refractivity contribution in [3.63, 3.8) is 0 Å². The lowest BCUT2D eigenvalue weighted by molar-refractivity contribution is 0.210. The van der Waals surface area contributed by atoms with E-state index in [-0.39, 0.29) is 5.54 Å². The summed E-state index contributed by atoms with van der Waals surface area (Å²) in [6.45, 7) is 7.24. The molecule has 110 valence electrons. The second kappa shape index (κ2) is 7.23. The highest BCUT2D eigenvalue weighted by Gasteiger charge is 2.46. The fraction of sp³-hybridized carbons (Fsp3) is 0.933. The molecule has 0 saturated heterocycles. The van der Waals surface area contributed by atoms with Crippen LogP contribution in [0.5, 0.6) is 0 Å². The standard InChI is InChI=1S/C15H30N4/c1-13(2)17-15(11-16,14-7-8-14)12-19(5)10-6-9-18(3)4/h13-14,17H,6-10,12H2,1-5H3. The minimum atomic E-state index is -0.346. The number of rotatable bonds is 9. The quantitative estimate of drug-likeness (QED) is 0.687. The third-order valence-electron chi connectivity index (χ3n) is 3.68. The van der Waals surface area contributed by atoms with Crippen LogP contribution < -0.4 is 5.32 Å². The molecule has 1 rings (SSSR count). The molecule has 1 aliphatic carbocycles. The van der Waals surface area contributed by atoms with Gasteiger partial charge < -0.3 is 9.80 Å². The Kier molecular flexibility index (Phi) is 6.25. The van der Waals surface area contributed by atoms with Gasteiger partial charge in [0.2, 0.25) is 0 Å². The highest BCUT2D eigenvalue weighted by molar-refractivity contribution is 5.17. The molecule has 1 saturated carbocycles. The van der Waals surface area contributed by atoms with E-state index >= 15 is 0 Å². The van der Waals surface area contributed by atoms with Gasteiger partial charge in [0.15, 0.2) is 0 Å². The average Bonchev–Trinajstić information content (AvgIpc) is 3.10. The van der Waals surface area contributed by atoms with Gasteiger partial charge in [-0.05, 0) is 73.3 Å². The Hall–Kier alpha value is -0.630. The first kappa shape index (κ1) is 16.4. The predicted octanol–water partition coefficient (Wildman–Crippen LogP) is 1.54. The van der Waals surface area contributed by atoms with Gasteiger partial charge in [-0.15, -0.1) is 0 Å². The lowest BCUT2D eigenvalue weighted by Crippen LogP contribution is -2.56. The lowest BCUT2D eigenvalue weighted by atomic mass is 9.93. The van der Waals surface area contributed by atoms with Crippen LogP contribution in [0.15, 0.2) is 0 Å². The summed E-state index contributed by atoms with van der Waals surface area (Å²) in [5, 5.41) is 13.2. The van der Waals surface area contributed by atoms with E-state index in [2.05, 4.69) is 56.2 Å². The van der Waals surface area contributed by atoms with Crippen LogP contribution in [0.1, 0.15) is 33.1 Å². The normalized spacial score (nSPS) is 18.9. The fourth-order valence-corrected chi connectivity index (χ4v) is 2.70. The van der Waals surface area contributed by atoms with Crippen LogP contribution in [0.2, 0.25) is 0 Å². The van der Waals surface area contributed by atoms with E-state index in [1.165, 1.54) is 12.8 Å². The number of nitrogens with one attached hydrogen (secondary N) is 1. The summed E-state index contributed by atoms with van der Waals surface area (Å²) in [6.07, 6.45) is 3.54. The molecule has 0 aromatic heterocycles. The number of nitrogens with zero attached hydrogens (tertiary/aromatic N) is 3. The zero-order chi connectivity index (χ0) is 14.5. The third kappa shape index (κ3) is 5.48. The molecule has 1 atom stereocenters. The SMILES string of the molecule is CC(C)NC(C#N)(CN(C)CCCN(C)C)C1CC1. The summed E-state index contributed by atoms with van der Waals surface area (Å²) in [5.41, 5.74) is -0.346. The molecule has 1 aliphatic rings. The maximum atomic E-state index is 9.65. The van der Waals surface area contributed by atoms with Gasteiger partial charge in [-0.2, -0.15) is 5.26 Å². The molecule has 19 heavy (non-hydrogen) atoms. The molecule has 0 aromatic rings. The van der Waals surface area contributed by atoms with Gasteiger partial charge in [0, 0.05) is 12.6 Å². The number of hydrogen-bond donors (Lipinski definition) is 1. The topological polar surface area (TPSA) is 42.3 Å². The van der Waals surface area contributed by atoms with Gasteiger partial charge in [0.05, 0.1) is 6.07 Å². The zero-order valence-corrected chi connectivity index (χ0v) is 13.2. The molecule has 1 unspecified atom stereocenters. The van der Waals surface area contributed by atoms with Crippen LogP contribution in [0, 0.1) is 17.2 Å². The summed E-state index contributed by atoms with van der Waals surface area (Å²) in [6, 6.07) is 2.93. The van der Waals surface area contributed by atoms with E-state index < -0.39 is 0 Å². The highest BCUT2D eigenvalue weighted by Crippen LogP contribution is 2.40. The largest absolute Gasteiger partial charge is 0.309 e. The molecule has 0 aromatic carbocycles. The molecule has 4 heteroatoms. The first-order chi connectivity index (χ1) is 8.89. The first-order valence-electron chi connectivity index (χ1n) is 7.42. The molecule has 0 amide bonds. The van der Waals surface area contributed by atoms with E-state index in [1.807, 2.05) is 0 Å². The van der Waals surface area contributed by atoms with Gasteiger partial charge in [-0.25, -0.2) is 0 Å². The molecular weight excluding hydrogens is 236 g/mol. The van der Waals surface area contributed by atoms with Crippen LogP contribution in [-0.4, -0.2) is 62.2 Å². The minimum Gasteiger partial charge on any atom is -0.309 e. The van der Waals surface area contributed by atoms with Crippen LogP contribution in [0.4, 0.5) is 0 Å². The first-order valence-corrected chi connectivity index (χ1v) is 7.42. The summed E-state index contributed by atoms with van der Waals surface area (Å²) in [7, 11) is 6.33. The van der Waals surface area contributed by atoms with Crippen molar-refractivity contribution in [3.05, 3.63) is 0 Å². The van der Waals surface area contributed by atoms with E-state index in [0.29, 0.717) is 12.0 Å². The predicted molar refractivity (Wildman–Crippen MR) is 80.0 cm³/mol.